The average Bonchev–Trinajstić information content (AvgIpc) is 2.34. The fourth-order valence-electron chi connectivity index (χ4n) is 1.47. The van der Waals surface area contributed by atoms with Crippen molar-refractivity contribution in [2.24, 2.45) is 0 Å². The quantitative estimate of drug-likeness (QED) is 0.761. The predicted molar refractivity (Wildman–Crippen MR) is 73.0 cm³/mol. The summed E-state index contributed by atoms with van der Waals surface area (Å²) in [5.41, 5.74) is 1.29. The minimum Gasteiger partial charge on any atom is -0.492 e. The standard InChI is InChI=1S/C14H22N2O2/c1-4-12-5-7-13(8-6-12)18-10-9-15-14(17)16-11(2)3/h5-8,11H,4,9-10H2,1-3H3,(H2,15,16,17). The molecule has 1 aromatic carbocycles. The number of rotatable bonds is 6. The van der Waals surface area contributed by atoms with Crippen molar-refractivity contribution in [1.82, 2.24) is 10.6 Å². The van der Waals surface area contributed by atoms with E-state index >= 15 is 0 Å². The van der Waals surface area contributed by atoms with E-state index in [-0.39, 0.29) is 12.1 Å². The fourth-order valence-corrected chi connectivity index (χ4v) is 1.47. The molecule has 0 unspecified atom stereocenters. The summed E-state index contributed by atoms with van der Waals surface area (Å²) < 4.78 is 5.52. The molecule has 0 aliphatic heterocycles. The van der Waals surface area contributed by atoms with Crippen LogP contribution >= 0.6 is 0 Å². The highest BCUT2D eigenvalue weighted by molar-refractivity contribution is 5.74. The number of carbonyl (C=O) groups excluding carboxylic acids is 1. The van der Waals surface area contributed by atoms with Gasteiger partial charge >= 0.3 is 6.03 Å². The van der Waals surface area contributed by atoms with Crippen LogP contribution in [0.4, 0.5) is 4.79 Å². The van der Waals surface area contributed by atoms with Crippen LogP contribution in [0.3, 0.4) is 0 Å². The monoisotopic (exact) mass is 250 g/mol. The van der Waals surface area contributed by atoms with Crippen molar-refractivity contribution in [2.75, 3.05) is 13.2 Å². The molecule has 0 spiro atoms. The van der Waals surface area contributed by atoms with Crippen LogP contribution in [-0.4, -0.2) is 25.2 Å². The Balaban J connectivity index is 2.19. The van der Waals surface area contributed by atoms with E-state index in [0.717, 1.165) is 12.2 Å². The van der Waals surface area contributed by atoms with E-state index in [0.29, 0.717) is 13.2 Å². The topological polar surface area (TPSA) is 50.4 Å². The Kier molecular flexibility index (Phi) is 6.05. The van der Waals surface area contributed by atoms with E-state index in [1.165, 1.54) is 5.56 Å². The third kappa shape index (κ3) is 5.57. The summed E-state index contributed by atoms with van der Waals surface area (Å²) in [6.45, 7) is 6.93. The number of hydrogen-bond acceptors (Lipinski definition) is 2. The Bertz CT molecular complexity index is 361. The van der Waals surface area contributed by atoms with Gasteiger partial charge in [0.1, 0.15) is 12.4 Å². The molecule has 0 saturated carbocycles. The van der Waals surface area contributed by atoms with Gasteiger partial charge in [-0.05, 0) is 38.0 Å². The number of benzene rings is 1. The van der Waals surface area contributed by atoms with Gasteiger partial charge in [-0.15, -0.1) is 0 Å². The van der Waals surface area contributed by atoms with Crippen molar-refractivity contribution < 1.29 is 9.53 Å². The second-order valence-electron chi connectivity index (χ2n) is 4.40. The van der Waals surface area contributed by atoms with Gasteiger partial charge in [0.25, 0.3) is 0 Å². The first-order chi connectivity index (χ1) is 8.61. The van der Waals surface area contributed by atoms with Gasteiger partial charge in [-0.1, -0.05) is 19.1 Å². The largest absolute Gasteiger partial charge is 0.492 e. The first-order valence-electron chi connectivity index (χ1n) is 6.38. The fraction of sp³-hybridized carbons (Fsp3) is 0.500. The lowest BCUT2D eigenvalue weighted by atomic mass is 10.2. The molecule has 1 rings (SSSR count). The van der Waals surface area contributed by atoms with Crippen LogP contribution in [0.1, 0.15) is 26.3 Å². The molecule has 0 heterocycles. The van der Waals surface area contributed by atoms with Crippen LogP contribution < -0.4 is 15.4 Å². The number of aryl methyl sites for hydroxylation is 1. The maximum absolute atomic E-state index is 11.3. The molecule has 0 aliphatic carbocycles. The van der Waals surface area contributed by atoms with Crippen LogP contribution in [0.15, 0.2) is 24.3 Å². The summed E-state index contributed by atoms with van der Waals surface area (Å²) in [5, 5.41) is 5.48. The Hall–Kier alpha value is -1.71. The van der Waals surface area contributed by atoms with Gasteiger partial charge in [-0.2, -0.15) is 0 Å². The Morgan fingerprint density at radius 2 is 1.94 bits per heavy atom. The van der Waals surface area contributed by atoms with Crippen LogP contribution in [0.25, 0.3) is 0 Å². The van der Waals surface area contributed by atoms with Gasteiger partial charge in [0.05, 0.1) is 6.54 Å². The zero-order valence-electron chi connectivity index (χ0n) is 11.3. The minimum absolute atomic E-state index is 0.146. The zero-order chi connectivity index (χ0) is 13.4. The maximum atomic E-state index is 11.3. The highest BCUT2D eigenvalue weighted by atomic mass is 16.5. The molecule has 4 nitrogen and oxygen atoms in total. The van der Waals surface area contributed by atoms with Crippen molar-refractivity contribution >= 4 is 6.03 Å². The molecule has 0 saturated heterocycles. The second-order valence-corrected chi connectivity index (χ2v) is 4.40. The van der Waals surface area contributed by atoms with Gasteiger partial charge in [0.2, 0.25) is 0 Å². The minimum atomic E-state index is -0.157. The number of nitrogens with one attached hydrogen (secondary N) is 2. The SMILES string of the molecule is CCc1ccc(OCCNC(=O)NC(C)C)cc1. The van der Waals surface area contributed by atoms with E-state index < -0.39 is 0 Å². The number of hydrogen-bond donors (Lipinski definition) is 2. The highest BCUT2D eigenvalue weighted by Gasteiger charge is 2.01. The molecule has 0 bridgehead atoms. The van der Waals surface area contributed by atoms with Gasteiger partial charge in [0.15, 0.2) is 0 Å². The van der Waals surface area contributed by atoms with Crippen LogP contribution in [0.2, 0.25) is 0 Å². The van der Waals surface area contributed by atoms with Crippen molar-refractivity contribution in [1.29, 1.82) is 0 Å². The molecule has 0 radical (unpaired) electrons. The van der Waals surface area contributed by atoms with Gasteiger partial charge < -0.3 is 15.4 Å². The summed E-state index contributed by atoms with van der Waals surface area (Å²) in [4.78, 5) is 11.3. The Morgan fingerprint density at radius 3 is 2.50 bits per heavy atom. The second kappa shape index (κ2) is 7.58. The van der Waals surface area contributed by atoms with Crippen LogP contribution in [-0.2, 0) is 6.42 Å². The average molecular weight is 250 g/mol. The molecule has 0 atom stereocenters. The molecule has 4 heteroatoms. The summed E-state index contributed by atoms with van der Waals surface area (Å²) in [6.07, 6.45) is 1.03. The number of ether oxygens (including phenoxy) is 1. The summed E-state index contributed by atoms with van der Waals surface area (Å²) in [6, 6.07) is 7.99. The summed E-state index contributed by atoms with van der Waals surface area (Å²) in [5.74, 6) is 0.832. The van der Waals surface area contributed by atoms with Crippen molar-refractivity contribution in [3.05, 3.63) is 29.8 Å². The van der Waals surface area contributed by atoms with Crippen molar-refractivity contribution in [3.8, 4) is 5.75 Å². The molecule has 0 aromatic heterocycles. The molecular formula is C14H22N2O2. The molecule has 2 N–H and O–H groups in total. The Morgan fingerprint density at radius 1 is 1.28 bits per heavy atom. The van der Waals surface area contributed by atoms with Crippen LogP contribution in [0, 0.1) is 0 Å². The normalized spacial score (nSPS) is 10.2. The van der Waals surface area contributed by atoms with E-state index in [9.17, 15) is 4.79 Å². The lowest BCUT2D eigenvalue weighted by Crippen LogP contribution is -2.41. The highest BCUT2D eigenvalue weighted by Crippen LogP contribution is 2.11. The molecule has 0 fully saturated rings. The lowest BCUT2D eigenvalue weighted by Gasteiger charge is -2.11. The molecule has 1 aromatic rings. The first kappa shape index (κ1) is 14.4. The molecular weight excluding hydrogens is 228 g/mol. The summed E-state index contributed by atoms with van der Waals surface area (Å²) >= 11 is 0. The van der Waals surface area contributed by atoms with E-state index in [1.807, 2.05) is 38.1 Å². The number of carbonyl (C=O) groups is 1. The third-order valence-corrected chi connectivity index (χ3v) is 2.41. The maximum Gasteiger partial charge on any atom is 0.315 e. The molecule has 18 heavy (non-hydrogen) atoms. The molecule has 0 aliphatic rings. The van der Waals surface area contributed by atoms with Gasteiger partial charge in [0, 0.05) is 6.04 Å². The van der Waals surface area contributed by atoms with Gasteiger partial charge in [-0.25, -0.2) is 4.79 Å². The Labute approximate surface area is 109 Å². The number of amides is 2. The third-order valence-electron chi connectivity index (χ3n) is 2.41. The van der Waals surface area contributed by atoms with E-state index in [4.69, 9.17) is 4.74 Å². The van der Waals surface area contributed by atoms with Gasteiger partial charge in [-0.3, -0.25) is 0 Å². The van der Waals surface area contributed by atoms with Crippen molar-refractivity contribution in [2.45, 2.75) is 33.2 Å². The number of urea groups is 1. The summed E-state index contributed by atoms with van der Waals surface area (Å²) in [7, 11) is 0. The van der Waals surface area contributed by atoms with Crippen molar-refractivity contribution in [3.63, 3.8) is 0 Å². The lowest BCUT2D eigenvalue weighted by molar-refractivity contribution is 0.234. The zero-order valence-corrected chi connectivity index (χ0v) is 11.3. The van der Waals surface area contributed by atoms with E-state index in [1.54, 1.807) is 0 Å². The van der Waals surface area contributed by atoms with Crippen LogP contribution in [0.5, 0.6) is 5.75 Å². The molecule has 100 valence electrons. The van der Waals surface area contributed by atoms with E-state index in [2.05, 4.69) is 17.6 Å². The first-order valence-corrected chi connectivity index (χ1v) is 6.38. The smallest absolute Gasteiger partial charge is 0.315 e. The predicted octanol–water partition coefficient (Wildman–Crippen LogP) is 2.34. The molecule has 2 amide bonds.